The molecule has 0 aliphatic carbocycles. The molecular weight excluding hydrogens is 268 g/mol. The summed E-state index contributed by atoms with van der Waals surface area (Å²) in [6.45, 7) is 12.4. The van der Waals surface area contributed by atoms with Crippen LogP contribution in [0.25, 0.3) is 0 Å². The quantitative estimate of drug-likeness (QED) is 0.927. The van der Waals surface area contributed by atoms with E-state index in [1.165, 1.54) is 9.75 Å². The van der Waals surface area contributed by atoms with E-state index in [1.807, 2.05) is 11.3 Å². The second-order valence-corrected chi connectivity index (χ2v) is 7.69. The number of thiophene rings is 1. The minimum absolute atomic E-state index is 0.219. The van der Waals surface area contributed by atoms with Crippen molar-refractivity contribution in [3.63, 3.8) is 0 Å². The van der Waals surface area contributed by atoms with Crippen LogP contribution >= 0.6 is 11.3 Å². The smallest absolute Gasteiger partial charge is 0.0622 e. The van der Waals surface area contributed by atoms with Crippen LogP contribution in [0.4, 0.5) is 0 Å². The zero-order valence-corrected chi connectivity index (χ0v) is 14.0. The van der Waals surface area contributed by atoms with E-state index in [-0.39, 0.29) is 5.41 Å². The van der Waals surface area contributed by atoms with Crippen LogP contribution < -0.4 is 5.73 Å². The molecule has 2 atom stereocenters. The van der Waals surface area contributed by atoms with E-state index in [0.29, 0.717) is 18.6 Å². The normalized spacial score (nSPS) is 22.9. The Kier molecular flexibility index (Phi) is 5.24. The molecule has 0 radical (unpaired) electrons. The molecule has 1 aromatic rings. The predicted molar refractivity (Wildman–Crippen MR) is 86.4 cm³/mol. The largest absolute Gasteiger partial charge is 0.378 e. The van der Waals surface area contributed by atoms with Gasteiger partial charge in [0, 0.05) is 28.9 Å². The number of hydrogen-bond acceptors (Lipinski definition) is 4. The third-order valence-electron chi connectivity index (χ3n) is 4.06. The molecule has 0 bridgehead atoms. The Hall–Kier alpha value is -0.420. The Balaban J connectivity index is 2.20. The van der Waals surface area contributed by atoms with E-state index in [4.69, 9.17) is 10.5 Å². The first-order valence-electron chi connectivity index (χ1n) is 7.61. The summed E-state index contributed by atoms with van der Waals surface area (Å²) in [6, 6.07) is 5.37. The van der Waals surface area contributed by atoms with Gasteiger partial charge < -0.3 is 10.5 Å². The predicted octanol–water partition coefficient (Wildman–Crippen LogP) is 3.16. The van der Waals surface area contributed by atoms with E-state index < -0.39 is 0 Å². The van der Waals surface area contributed by atoms with Crippen LogP contribution in [0, 0.1) is 0 Å². The van der Waals surface area contributed by atoms with Gasteiger partial charge in [0.2, 0.25) is 0 Å². The third kappa shape index (κ3) is 3.42. The summed E-state index contributed by atoms with van der Waals surface area (Å²) < 4.78 is 5.61. The van der Waals surface area contributed by atoms with Gasteiger partial charge in [0.15, 0.2) is 0 Å². The fraction of sp³-hybridized carbons (Fsp3) is 0.750. The van der Waals surface area contributed by atoms with Crippen molar-refractivity contribution in [3.8, 4) is 0 Å². The van der Waals surface area contributed by atoms with Gasteiger partial charge in [-0.2, -0.15) is 0 Å². The second kappa shape index (κ2) is 6.56. The molecule has 1 aromatic heterocycles. The topological polar surface area (TPSA) is 38.5 Å². The van der Waals surface area contributed by atoms with Gasteiger partial charge in [0.1, 0.15) is 0 Å². The van der Waals surface area contributed by atoms with Crippen LogP contribution in [0.2, 0.25) is 0 Å². The fourth-order valence-electron chi connectivity index (χ4n) is 2.78. The molecule has 1 aliphatic rings. The summed E-state index contributed by atoms with van der Waals surface area (Å²) in [5.74, 6) is 0. The molecule has 20 heavy (non-hydrogen) atoms. The van der Waals surface area contributed by atoms with Crippen LogP contribution in [0.1, 0.15) is 49.9 Å². The lowest BCUT2D eigenvalue weighted by molar-refractivity contribution is -0.0284. The number of hydrogen-bond donors (Lipinski definition) is 1. The molecule has 4 heteroatoms. The molecular formula is C16H28N2OS. The standard InChI is InChI=1S/C16H28N2OS/c1-5-12-11-19-9-8-18(12)13(10-17)14-6-7-15(20-14)16(2,3)4/h6-7,12-13H,5,8-11,17H2,1-4H3. The summed E-state index contributed by atoms with van der Waals surface area (Å²) in [5, 5.41) is 0. The van der Waals surface area contributed by atoms with Crippen LogP contribution in [0.5, 0.6) is 0 Å². The number of morpholine rings is 1. The molecule has 0 amide bonds. The molecule has 2 rings (SSSR count). The molecule has 1 fully saturated rings. The summed E-state index contributed by atoms with van der Waals surface area (Å²) in [7, 11) is 0. The lowest BCUT2D eigenvalue weighted by atomic mass is 9.95. The SMILES string of the molecule is CCC1COCCN1C(CN)c1ccc(C(C)(C)C)s1. The van der Waals surface area contributed by atoms with E-state index in [1.54, 1.807) is 0 Å². The maximum Gasteiger partial charge on any atom is 0.0622 e. The van der Waals surface area contributed by atoms with Crippen molar-refractivity contribution < 1.29 is 4.74 Å². The lowest BCUT2D eigenvalue weighted by Gasteiger charge is -2.40. The van der Waals surface area contributed by atoms with Gasteiger partial charge in [-0.25, -0.2) is 0 Å². The summed E-state index contributed by atoms with van der Waals surface area (Å²) in [5.41, 5.74) is 6.31. The molecule has 2 heterocycles. The van der Waals surface area contributed by atoms with Crippen LogP contribution in [0.3, 0.4) is 0 Å². The van der Waals surface area contributed by atoms with Crippen molar-refractivity contribution in [2.75, 3.05) is 26.3 Å². The maximum absolute atomic E-state index is 6.10. The van der Waals surface area contributed by atoms with Crippen molar-refractivity contribution in [2.24, 2.45) is 5.73 Å². The van der Waals surface area contributed by atoms with Gasteiger partial charge in [-0.3, -0.25) is 4.90 Å². The first-order chi connectivity index (χ1) is 9.47. The average molecular weight is 296 g/mol. The van der Waals surface area contributed by atoms with E-state index in [0.717, 1.165) is 26.2 Å². The van der Waals surface area contributed by atoms with E-state index in [9.17, 15) is 0 Å². The van der Waals surface area contributed by atoms with Gasteiger partial charge in [0.25, 0.3) is 0 Å². The van der Waals surface area contributed by atoms with Crippen LogP contribution in [-0.4, -0.2) is 37.2 Å². The zero-order valence-electron chi connectivity index (χ0n) is 13.2. The first kappa shape index (κ1) is 16.0. The Bertz CT molecular complexity index is 424. The minimum Gasteiger partial charge on any atom is -0.378 e. The summed E-state index contributed by atoms with van der Waals surface area (Å²) >= 11 is 1.92. The maximum atomic E-state index is 6.10. The van der Waals surface area contributed by atoms with Crippen molar-refractivity contribution >= 4 is 11.3 Å². The zero-order chi connectivity index (χ0) is 14.8. The second-order valence-electron chi connectivity index (χ2n) is 6.58. The van der Waals surface area contributed by atoms with E-state index in [2.05, 4.69) is 44.7 Å². The highest BCUT2D eigenvalue weighted by atomic mass is 32.1. The van der Waals surface area contributed by atoms with Crippen LogP contribution in [0.15, 0.2) is 12.1 Å². The number of nitrogens with zero attached hydrogens (tertiary/aromatic N) is 1. The van der Waals surface area contributed by atoms with Crippen LogP contribution in [-0.2, 0) is 10.2 Å². The molecule has 3 nitrogen and oxygen atoms in total. The molecule has 1 aliphatic heterocycles. The number of nitrogens with two attached hydrogens (primary N) is 1. The molecule has 2 unspecified atom stereocenters. The molecule has 2 N–H and O–H groups in total. The Morgan fingerprint density at radius 3 is 2.75 bits per heavy atom. The number of ether oxygens (including phenoxy) is 1. The first-order valence-corrected chi connectivity index (χ1v) is 8.42. The summed E-state index contributed by atoms with van der Waals surface area (Å²) in [6.07, 6.45) is 1.12. The minimum atomic E-state index is 0.219. The highest BCUT2D eigenvalue weighted by Gasteiger charge is 2.30. The molecule has 0 saturated carbocycles. The van der Waals surface area contributed by atoms with Gasteiger partial charge in [-0.05, 0) is 24.0 Å². The monoisotopic (exact) mass is 296 g/mol. The van der Waals surface area contributed by atoms with Gasteiger partial charge in [-0.15, -0.1) is 11.3 Å². The summed E-state index contributed by atoms with van der Waals surface area (Å²) in [4.78, 5) is 5.38. The highest BCUT2D eigenvalue weighted by molar-refractivity contribution is 7.12. The van der Waals surface area contributed by atoms with Crippen molar-refractivity contribution in [3.05, 3.63) is 21.9 Å². The lowest BCUT2D eigenvalue weighted by Crippen LogP contribution is -2.48. The van der Waals surface area contributed by atoms with Crippen molar-refractivity contribution in [1.82, 2.24) is 4.90 Å². The van der Waals surface area contributed by atoms with Crippen molar-refractivity contribution in [1.29, 1.82) is 0 Å². The Labute approximate surface area is 127 Å². The highest BCUT2D eigenvalue weighted by Crippen LogP contribution is 2.35. The molecule has 0 aromatic carbocycles. The third-order valence-corrected chi connectivity index (χ3v) is 5.67. The molecule has 114 valence electrons. The number of rotatable bonds is 4. The van der Waals surface area contributed by atoms with Crippen molar-refractivity contribution in [2.45, 2.75) is 51.6 Å². The van der Waals surface area contributed by atoms with Gasteiger partial charge in [-0.1, -0.05) is 27.7 Å². The Morgan fingerprint density at radius 2 is 2.20 bits per heavy atom. The Morgan fingerprint density at radius 1 is 1.45 bits per heavy atom. The van der Waals surface area contributed by atoms with E-state index >= 15 is 0 Å². The van der Waals surface area contributed by atoms with Gasteiger partial charge >= 0.3 is 0 Å². The molecule has 0 spiro atoms. The van der Waals surface area contributed by atoms with Gasteiger partial charge in [0.05, 0.1) is 19.3 Å². The molecule has 1 saturated heterocycles. The fourth-order valence-corrected chi connectivity index (χ4v) is 3.98. The average Bonchev–Trinajstić information content (AvgIpc) is 2.90.